The van der Waals surface area contributed by atoms with Crippen LogP contribution in [0.4, 0.5) is 0 Å². The van der Waals surface area contributed by atoms with Crippen LogP contribution in [0.5, 0.6) is 0 Å². The number of aryl methyl sites for hydroxylation is 1. The number of methoxy groups -OCH3 is 1. The monoisotopic (exact) mass is 347 g/mol. The minimum absolute atomic E-state index is 0.121. The topological polar surface area (TPSA) is 110 Å². The van der Waals surface area contributed by atoms with E-state index in [2.05, 4.69) is 14.8 Å². The summed E-state index contributed by atoms with van der Waals surface area (Å²) in [5.74, 6) is 1.14. The van der Waals surface area contributed by atoms with Gasteiger partial charge in [0.25, 0.3) is 0 Å². The average molecular weight is 347 g/mol. The number of ether oxygens (including phenoxy) is 1. The second-order valence-electron chi connectivity index (χ2n) is 5.49. The zero-order chi connectivity index (χ0) is 17.2. The van der Waals surface area contributed by atoms with Crippen molar-refractivity contribution in [3.8, 4) is 6.07 Å². The summed E-state index contributed by atoms with van der Waals surface area (Å²) in [7, 11) is -2.14. The molecule has 0 radical (unpaired) electrons. The number of fused-ring (bicyclic) bond motifs is 1. The molecule has 1 aromatic heterocycles. The zero-order valence-corrected chi connectivity index (χ0v) is 14.0. The van der Waals surface area contributed by atoms with Crippen LogP contribution in [0, 0.1) is 11.3 Å². The van der Waals surface area contributed by atoms with Crippen molar-refractivity contribution in [2.45, 2.75) is 36.9 Å². The number of rotatable bonds is 5. The Bertz CT molecular complexity index is 868. The molecule has 0 fully saturated rings. The lowest BCUT2D eigenvalue weighted by Crippen LogP contribution is -2.33. The first-order chi connectivity index (χ1) is 11.5. The predicted molar refractivity (Wildman–Crippen MR) is 84.2 cm³/mol. The van der Waals surface area contributed by atoms with Crippen molar-refractivity contribution in [1.29, 1.82) is 5.26 Å². The van der Waals surface area contributed by atoms with Crippen LogP contribution in [0.1, 0.15) is 36.1 Å². The molecule has 126 valence electrons. The molecule has 1 atom stereocenters. The predicted octanol–water partition coefficient (Wildman–Crippen LogP) is 1.11. The molecule has 8 nitrogen and oxygen atoms in total. The minimum Gasteiger partial charge on any atom is -0.377 e. The fraction of sp³-hybridized carbons (Fsp3) is 0.400. The molecule has 3 rings (SSSR count). The van der Waals surface area contributed by atoms with E-state index in [1.54, 1.807) is 11.8 Å². The molecule has 2 aromatic rings. The van der Waals surface area contributed by atoms with Gasteiger partial charge in [0.15, 0.2) is 5.82 Å². The molecule has 1 aliphatic heterocycles. The smallest absolute Gasteiger partial charge is 0.241 e. The van der Waals surface area contributed by atoms with Crippen molar-refractivity contribution < 1.29 is 13.2 Å². The lowest BCUT2D eigenvalue weighted by atomic mass is 10.1. The molecule has 0 bridgehead atoms. The molecule has 0 unspecified atom stereocenters. The van der Waals surface area contributed by atoms with Crippen molar-refractivity contribution in [1.82, 2.24) is 19.5 Å². The van der Waals surface area contributed by atoms with Crippen LogP contribution >= 0.6 is 0 Å². The van der Waals surface area contributed by atoms with Crippen molar-refractivity contribution in [3.05, 3.63) is 41.5 Å². The normalized spacial score (nSPS) is 17.2. The molecule has 0 saturated heterocycles. The number of nitriles is 1. The van der Waals surface area contributed by atoms with Crippen LogP contribution in [0.25, 0.3) is 0 Å². The minimum atomic E-state index is -3.70. The van der Waals surface area contributed by atoms with E-state index in [0.717, 1.165) is 6.42 Å². The number of sulfonamides is 1. The van der Waals surface area contributed by atoms with E-state index in [1.165, 1.54) is 24.3 Å². The molecule has 0 amide bonds. The number of nitrogens with one attached hydrogen (secondary N) is 1. The van der Waals surface area contributed by atoms with Gasteiger partial charge >= 0.3 is 0 Å². The first-order valence-electron chi connectivity index (χ1n) is 7.48. The van der Waals surface area contributed by atoms with Gasteiger partial charge in [0.2, 0.25) is 10.0 Å². The zero-order valence-electron chi connectivity index (χ0n) is 13.1. The third kappa shape index (κ3) is 3.31. The van der Waals surface area contributed by atoms with Gasteiger partial charge in [-0.1, -0.05) is 0 Å². The first kappa shape index (κ1) is 16.6. The summed E-state index contributed by atoms with van der Waals surface area (Å²) >= 11 is 0. The number of aromatic nitrogens is 3. The molecule has 1 N–H and O–H groups in total. The van der Waals surface area contributed by atoms with Crippen LogP contribution in [0.15, 0.2) is 29.2 Å². The largest absolute Gasteiger partial charge is 0.377 e. The maximum Gasteiger partial charge on any atom is 0.241 e. The Morgan fingerprint density at radius 1 is 1.42 bits per heavy atom. The highest BCUT2D eigenvalue weighted by molar-refractivity contribution is 7.89. The summed E-state index contributed by atoms with van der Waals surface area (Å²) in [6, 6.07) is 7.34. The average Bonchev–Trinajstić information content (AvgIpc) is 2.99. The lowest BCUT2D eigenvalue weighted by molar-refractivity contribution is 0.177. The van der Waals surface area contributed by atoms with E-state index < -0.39 is 16.1 Å². The van der Waals surface area contributed by atoms with Crippen LogP contribution in [0.2, 0.25) is 0 Å². The maximum absolute atomic E-state index is 12.6. The molecule has 1 aromatic carbocycles. The summed E-state index contributed by atoms with van der Waals surface area (Å²) < 4.78 is 34.6. The second kappa shape index (κ2) is 6.68. The molecule has 24 heavy (non-hydrogen) atoms. The molecule has 0 aliphatic carbocycles. The van der Waals surface area contributed by atoms with E-state index in [9.17, 15) is 8.42 Å². The summed E-state index contributed by atoms with van der Waals surface area (Å²) in [6.07, 6.45) is 1.46. The summed E-state index contributed by atoms with van der Waals surface area (Å²) in [5.41, 5.74) is 0.413. The van der Waals surface area contributed by atoms with Gasteiger partial charge in [-0.2, -0.15) is 10.4 Å². The Morgan fingerprint density at radius 3 is 2.83 bits per heavy atom. The number of hydrogen-bond acceptors (Lipinski definition) is 6. The summed E-state index contributed by atoms with van der Waals surface area (Å²) in [4.78, 5) is 4.50. The molecule has 0 spiro atoms. The Kier molecular flexibility index (Phi) is 4.62. The van der Waals surface area contributed by atoms with Crippen LogP contribution in [0.3, 0.4) is 0 Å². The SMILES string of the molecule is COCc1nc2n(n1)CCC[C@H]2NS(=O)(=O)c1ccc(C#N)cc1. The Hall–Kier alpha value is -2.28. The fourth-order valence-corrected chi connectivity index (χ4v) is 3.89. The molecule has 9 heteroatoms. The van der Waals surface area contributed by atoms with Crippen molar-refractivity contribution >= 4 is 10.0 Å². The van der Waals surface area contributed by atoms with Gasteiger partial charge in [-0.15, -0.1) is 0 Å². The summed E-state index contributed by atoms with van der Waals surface area (Å²) in [5, 5.41) is 13.1. The number of hydrogen-bond donors (Lipinski definition) is 1. The van der Waals surface area contributed by atoms with Crippen molar-refractivity contribution in [2.75, 3.05) is 7.11 Å². The standard InChI is InChI=1S/C15H17N5O3S/c1-23-10-14-17-15-13(3-2-8-20(15)18-14)19-24(21,22)12-6-4-11(9-16)5-7-12/h4-7,13,19H,2-3,8,10H2,1H3/t13-/m1/s1. The third-order valence-electron chi connectivity index (χ3n) is 3.78. The van der Waals surface area contributed by atoms with Crippen molar-refractivity contribution in [2.24, 2.45) is 0 Å². The Morgan fingerprint density at radius 2 is 2.17 bits per heavy atom. The number of benzene rings is 1. The molecular formula is C15H17N5O3S. The van der Waals surface area contributed by atoms with E-state index in [-0.39, 0.29) is 11.5 Å². The molecule has 0 saturated carbocycles. The van der Waals surface area contributed by atoms with E-state index >= 15 is 0 Å². The Labute approximate surface area is 140 Å². The fourth-order valence-electron chi connectivity index (χ4n) is 2.67. The van der Waals surface area contributed by atoms with E-state index in [1.807, 2.05) is 6.07 Å². The maximum atomic E-state index is 12.6. The van der Waals surface area contributed by atoms with Gasteiger partial charge < -0.3 is 4.74 Å². The Balaban J connectivity index is 1.84. The van der Waals surface area contributed by atoms with Crippen molar-refractivity contribution in [3.63, 3.8) is 0 Å². The number of nitrogens with zero attached hydrogens (tertiary/aromatic N) is 4. The highest BCUT2D eigenvalue weighted by Crippen LogP contribution is 2.25. The quantitative estimate of drug-likeness (QED) is 0.867. The van der Waals surface area contributed by atoms with Gasteiger partial charge in [0, 0.05) is 13.7 Å². The molecular weight excluding hydrogens is 330 g/mol. The molecule has 1 aliphatic rings. The van der Waals surface area contributed by atoms with Crippen LogP contribution in [-0.4, -0.2) is 30.3 Å². The van der Waals surface area contributed by atoms with Gasteiger partial charge in [0.05, 0.1) is 22.6 Å². The van der Waals surface area contributed by atoms with Crippen LogP contribution in [-0.2, 0) is 27.9 Å². The summed E-state index contributed by atoms with van der Waals surface area (Å²) in [6.45, 7) is 0.996. The highest BCUT2D eigenvalue weighted by Gasteiger charge is 2.28. The second-order valence-corrected chi connectivity index (χ2v) is 7.21. The third-order valence-corrected chi connectivity index (χ3v) is 5.27. The molecule has 2 heterocycles. The first-order valence-corrected chi connectivity index (χ1v) is 8.97. The van der Waals surface area contributed by atoms with Gasteiger partial charge in [-0.05, 0) is 37.1 Å². The van der Waals surface area contributed by atoms with E-state index in [0.29, 0.717) is 30.2 Å². The van der Waals surface area contributed by atoms with Crippen LogP contribution < -0.4 is 4.72 Å². The van der Waals surface area contributed by atoms with Gasteiger partial charge in [-0.3, -0.25) is 0 Å². The van der Waals surface area contributed by atoms with Gasteiger partial charge in [0.1, 0.15) is 12.4 Å². The highest BCUT2D eigenvalue weighted by atomic mass is 32.2. The van der Waals surface area contributed by atoms with E-state index in [4.69, 9.17) is 10.00 Å². The lowest BCUT2D eigenvalue weighted by Gasteiger charge is -2.22. The van der Waals surface area contributed by atoms with Gasteiger partial charge in [-0.25, -0.2) is 22.8 Å².